The molecule has 4 N–H and O–H groups in total. The largest absolute Gasteiger partial charge is 0.481 e. The molecule has 8 nitrogen and oxygen atoms in total. The smallest absolute Gasteiger partial charge is 0.326 e. The first-order chi connectivity index (χ1) is 9.38. The van der Waals surface area contributed by atoms with Gasteiger partial charge in [0, 0.05) is 18.4 Å². The summed E-state index contributed by atoms with van der Waals surface area (Å²) in [7, 11) is 0. The number of urea groups is 1. The molecule has 0 fully saturated rings. The topological polar surface area (TPSA) is 129 Å². The van der Waals surface area contributed by atoms with E-state index in [-0.39, 0.29) is 6.54 Å². The molecule has 0 aliphatic carbocycles. The van der Waals surface area contributed by atoms with Crippen molar-refractivity contribution in [1.29, 1.82) is 0 Å². The Labute approximate surface area is 114 Å². The van der Waals surface area contributed by atoms with Crippen molar-refractivity contribution in [2.24, 2.45) is 0 Å². The fourth-order valence-corrected chi connectivity index (χ4v) is 1.37. The Morgan fingerprint density at radius 3 is 2.50 bits per heavy atom. The second kappa shape index (κ2) is 7.07. The Bertz CT molecular complexity index is 500. The molecule has 0 saturated carbocycles. The fraction of sp³-hybridized carbons (Fsp3) is 0.333. The standard InChI is InChI=1S/C12H15N3O5/c1-7-2-3-8(5-13-7)6-14-12(20)15-9(11(18)19)4-10(16)17/h2-3,5,9H,4,6H2,1H3,(H,16,17)(H,18,19)(H2,14,15,20)/t9-/m1/s1. The van der Waals surface area contributed by atoms with Crippen molar-refractivity contribution < 1.29 is 24.6 Å². The molecule has 8 heteroatoms. The minimum atomic E-state index is -1.47. The van der Waals surface area contributed by atoms with Crippen LogP contribution in [-0.2, 0) is 16.1 Å². The van der Waals surface area contributed by atoms with E-state index in [0.717, 1.165) is 11.3 Å². The van der Waals surface area contributed by atoms with Gasteiger partial charge in [0.05, 0.1) is 6.42 Å². The molecule has 108 valence electrons. The van der Waals surface area contributed by atoms with Crippen LogP contribution in [0.4, 0.5) is 4.79 Å². The summed E-state index contributed by atoms with van der Waals surface area (Å²) in [6, 6.07) is 1.33. The van der Waals surface area contributed by atoms with Crippen molar-refractivity contribution in [3.05, 3.63) is 29.6 Å². The number of pyridine rings is 1. The molecule has 1 rings (SSSR count). The number of amides is 2. The average molecular weight is 281 g/mol. The van der Waals surface area contributed by atoms with Gasteiger partial charge in [0.15, 0.2) is 0 Å². The minimum absolute atomic E-state index is 0.165. The molecule has 1 heterocycles. The summed E-state index contributed by atoms with van der Waals surface area (Å²) >= 11 is 0. The molecule has 0 unspecified atom stereocenters. The lowest BCUT2D eigenvalue weighted by Crippen LogP contribution is -2.46. The van der Waals surface area contributed by atoms with E-state index in [4.69, 9.17) is 10.2 Å². The maximum atomic E-state index is 11.5. The van der Waals surface area contributed by atoms with Crippen LogP contribution in [0.2, 0.25) is 0 Å². The van der Waals surface area contributed by atoms with E-state index < -0.39 is 30.4 Å². The predicted octanol–water partition coefficient (Wildman–Crippen LogP) is 0.117. The third-order valence-corrected chi connectivity index (χ3v) is 2.41. The van der Waals surface area contributed by atoms with Crippen LogP contribution in [0.3, 0.4) is 0 Å². The summed E-state index contributed by atoms with van der Waals surface area (Å²) in [4.78, 5) is 36.8. The zero-order chi connectivity index (χ0) is 15.1. The number of carboxylic acids is 2. The van der Waals surface area contributed by atoms with E-state index in [9.17, 15) is 14.4 Å². The Hall–Kier alpha value is -2.64. The number of nitrogens with one attached hydrogen (secondary N) is 2. The molecular formula is C12H15N3O5. The number of hydrogen-bond donors (Lipinski definition) is 4. The molecule has 1 aromatic rings. The first-order valence-electron chi connectivity index (χ1n) is 5.79. The summed E-state index contributed by atoms with van der Waals surface area (Å²) in [5, 5.41) is 21.8. The van der Waals surface area contributed by atoms with Crippen LogP contribution < -0.4 is 10.6 Å². The van der Waals surface area contributed by atoms with Gasteiger partial charge in [0.25, 0.3) is 0 Å². The van der Waals surface area contributed by atoms with Gasteiger partial charge in [-0.25, -0.2) is 9.59 Å². The molecule has 2 amide bonds. The highest BCUT2D eigenvalue weighted by Gasteiger charge is 2.22. The van der Waals surface area contributed by atoms with Crippen molar-refractivity contribution in [3.8, 4) is 0 Å². The molecule has 0 radical (unpaired) electrons. The van der Waals surface area contributed by atoms with E-state index in [1.807, 2.05) is 6.92 Å². The summed E-state index contributed by atoms with van der Waals surface area (Å²) in [5.74, 6) is -2.71. The van der Waals surface area contributed by atoms with Gasteiger partial charge in [-0.15, -0.1) is 0 Å². The lowest BCUT2D eigenvalue weighted by atomic mass is 10.2. The minimum Gasteiger partial charge on any atom is -0.481 e. The molecule has 0 spiro atoms. The zero-order valence-electron chi connectivity index (χ0n) is 10.8. The number of aliphatic carboxylic acids is 2. The van der Waals surface area contributed by atoms with Crippen LogP contribution in [0, 0.1) is 6.92 Å². The molecule has 20 heavy (non-hydrogen) atoms. The van der Waals surface area contributed by atoms with Gasteiger partial charge in [-0.3, -0.25) is 9.78 Å². The van der Waals surface area contributed by atoms with Crippen LogP contribution in [0.25, 0.3) is 0 Å². The van der Waals surface area contributed by atoms with E-state index in [1.54, 1.807) is 18.3 Å². The summed E-state index contributed by atoms with van der Waals surface area (Å²) in [5.41, 5.74) is 1.58. The number of carbonyl (C=O) groups excluding carboxylic acids is 1. The second-order valence-electron chi connectivity index (χ2n) is 4.12. The monoisotopic (exact) mass is 281 g/mol. The van der Waals surface area contributed by atoms with Gasteiger partial charge in [0.2, 0.25) is 0 Å². The van der Waals surface area contributed by atoms with Gasteiger partial charge in [-0.05, 0) is 18.6 Å². The summed E-state index contributed by atoms with van der Waals surface area (Å²) < 4.78 is 0. The van der Waals surface area contributed by atoms with Crippen molar-refractivity contribution in [2.45, 2.75) is 25.9 Å². The van der Waals surface area contributed by atoms with Gasteiger partial charge in [0.1, 0.15) is 6.04 Å². The molecule has 1 atom stereocenters. The number of aromatic nitrogens is 1. The highest BCUT2D eigenvalue weighted by atomic mass is 16.4. The highest BCUT2D eigenvalue weighted by Crippen LogP contribution is 1.99. The summed E-state index contributed by atoms with van der Waals surface area (Å²) in [6.07, 6.45) is 0.899. The number of aryl methyl sites for hydroxylation is 1. The predicted molar refractivity (Wildman–Crippen MR) is 68.0 cm³/mol. The molecule has 0 aliphatic rings. The highest BCUT2D eigenvalue weighted by molar-refractivity contribution is 5.86. The Kier molecular flexibility index (Phi) is 5.45. The van der Waals surface area contributed by atoms with E-state index >= 15 is 0 Å². The first kappa shape index (κ1) is 15.4. The SMILES string of the molecule is Cc1ccc(CNC(=O)N[C@H](CC(=O)O)C(=O)O)cn1. The Morgan fingerprint density at radius 1 is 1.30 bits per heavy atom. The van der Waals surface area contributed by atoms with Crippen LogP contribution >= 0.6 is 0 Å². The van der Waals surface area contributed by atoms with Crippen molar-refractivity contribution in [1.82, 2.24) is 15.6 Å². The average Bonchev–Trinajstić information content (AvgIpc) is 2.36. The number of nitrogens with zero attached hydrogens (tertiary/aromatic N) is 1. The Morgan fingerprint density at radius 2 is 2.00 bits per heavy atom. The lowest BCUT2D eigenvalue weighted by molar-refractivity contribution is -0.145. The first-order valence-corrected chi connectivity index (χ1v) is 5.79. The number of hydrogen-bond acceptors (Lipinski definition) is 4. The van der Waals surface area contributed by atoms with Crippen molar-refractivity contribution in [3.63, 3.8) is 0 Å². The summed E-state index contributed by atoms with van der Waals surface area (Å²) in [6.45, 7) is 1.99. The van der Waals surface area contributed by atoms with Gasteiger partial charge in [-0.2, -0.15) is 0 Å². The quantitative estimate of drug-likeness (QED) is 0.586. The normalized spacial score (nSPS) is 11.4. The number of carbonyl (C=O) groups is 3. The van der Waals surface area contributed by atoms with Gasteiger partial charge >= 0.3 is 18.0 Å². The Balaban J connectivity index is 2.47. The third-order valence-electron chi connectivity index (χ3n) is 2.41. The molecule has 1 aromatic heterocycles. The van der Waals surface area contributed by atoms with Crippen LogP contribution in [0.15, 0.2) is 18.3 Å². The van der Waals surface area contributed by atoms with Gasteiger partial charge < -0.3 is 20.8 Å². The molecule has 0 aromatic carbocycles. The molecule has 0 saturated heterocycles. The molecular weight excluding hydrogens is 266 g/mol. The number of carboxylic acid groups (broad SMARTS) is 2. The number of rotatable bonds is 6. The van der Waals surface area contributed by atoms with Crippen LogP contribution in [-0.4, -0.2) is 39.2 Å². The van der Waals surface area contributed by atoms with Crippen molar-refractivity contribution >= 4 is 18.0 Å². The maximum Gasteiger partial charge on any atom is 0.326 e. The van der Waals surface area contributed by atoms with Crippen molar-refractivity contribution in [2.75, 3.05) is 0 Å². The molecule has 0 bridgehead atoms. The van der Waals surface area contributed by atoms with Gasteiger partial charge in [-0.1, -0.05) is 6.07 Å². The fourth-order valence-electron chi connectivity index (χ4n) is 1.37. The maximum absolute atomic E-state index is 11.5. The second-order valence-corrected chi connectivity index (χ2v) is 4.12. The van der Waals surface area contributed by atoms with E-state index in [1.165, 1.54) is 0 Å². The van der Waals surface area contributed by atoms with Crippen LogP contribution in [0.1, 0.15) is 17.7 Å². The molecule has 0 aliphatic heterocycles. The lowest BCUT2D eigenvalue weighted by Gasteiger charge is -2.13. The van der Waals surface area contributed by atoms with E-state index in [0.29, 0.717) is 0 Å². The zero-order valence-corrected chi connectivity index (χ0v) is 10.8. The van der Waals surface area contributed by atoms with Crippen LogP contribution in [0.5, 0.6) is 0 Å². The van der Waals surface area contributed by atoms with E-state index in [2.05, 4.69) is 15.6 Å². The third kappa shape index (κ3) is 5.34.